The number of thiol groups is 1. The number of nitrogens with one attached hydrogen (secondary N) is 4. The minimum atomic E-state index is -4.79. The molecule has 8 aromatic heterocycles. The van der Waals surface area contributed by atoms with E-state index in [0.717, 1.165) is 40.7 Å². The molecule has 147 heavy (non-hydrogen) atoms. The number of nitrogens with zero attached hydrogens (tertiary/aromatic N) is 12. The molecule has 0 bridgehead atoms. The SMILES string of the molecule is C.C.CCC.COP(O)(=S)O[C@@H]1C[C@H](n2cc(C)c(N)nc2=O)O[C@@H]1COP(=O)(S)O[C@@H]1C[C@H](n2cc(C)c(=O)[nH]c2=O)O[C@@H]1COP(O)(=S)O[C@@H]1C[C@H](n2cc(C)c(N)nc2=O)O[C@@H]1COP(O)(=S)O[C@@H]1C[C@H](n2cc(C)c(=O)[nH]c2=O)O[C@@H]1COP(O)(=S)O[C@@H]1C[C@H](n2cc(C)c(=O)[nH]c2=O)O[C@@H]1COP(O)(=S)O[C@@H]1C[C@H](n2cnc3c(N)ncnc32)O[C@@H]1COP(O)(=S)O[C@@H]1C[C@H](n2cc(C)c(=O)[nH]c2=O)O[C@@H]1C. The van der Waals surface area contributed by atoms with E-state index in [1.54, 1.807) is 13.8 Å². The molecule has 816 valence electrons. The fraction of sp³-hybridized carbons (Fsp3) is 0.618. The third-order valence-electron chi connectivity index (χ3n) is 23.4. The minimum Gasteiger partial charge on any atom is -0.383 e. The highest BCUT2D eigenvalue weighted by atomic mass is 32.7. The molecule has 16 N–H and O–H groups in total. The topological polar surface area (TPSA) is 743 Å². The lowest BCUT2D eigenvalue weighted by Crippen LogP contribution is -2.33. The van der Waals surface area contributed by atoms with Crippen molar-refractivity contribution in [2.75, 3.05) is 64.0 Å². The first kappa shape index (κ1) is 119. The van der Waals surface area contributed by atoms with Gasteiger partial charge in [-0.15, -0.1) is 0 Å². The first-order valence-corrected chi connectivity index (χ1v) is 62.2. The highest BCUT2D eigenvalue weighted by molar-refractivity contribution is 8.44. The van der Waals surface area contributed by atoms with Crippen molar-refractivity contribution >= 4 is 159 Å². The molecule has 28 atom stereocenters. The van der Waals surface area contributed by atoms with E-state index in [0.29, 0.717) is 11.1 Å². The zero-order chi connectivity index (χ0) is 106. The van der Waals surface area contributed by atoms with Gasteiger partial charge < -0.3 is 134 Å². The number of nitrogens with two attached hydrogens (primary N) is 3. The number of aromatic amines is 4. The summed E-state index contributed by atoms with van der Waals surface area (Å²) in [7, 11) is 1.10. The fourth-order valence-corrected chi connectivity index (χ4v) is 26.1. The summed E-state index contributed by atoms with van der Waals surface area (Å²) in [6.45, 7) is -21.9. The maximum Gasteiger partial charge on any atom is 0.386 e. The van der Waals surface area contributed by atoms with Crippen LogP contribution in [0, 0.1) is 41.5 Å². The second-order valence-electron chi connectivity index (χ2n) is 34.2. The first-order chi connectivity index (χ1) is 68.0. The first-order valence-electron chi connectivity index (χ1n) is 44.0. The van der Waals surface area contributed by atoms with Gasteiger partial charge in [0, 0.05) is 123 Å². The van der Waals surface area contributed by atoms with E-state index >= 15 is 0 Å². The molecule has 7 aliphatic heterocycles. The van der Waals surface area contributed by atoms with Crippen LogP contribution >= 0.6 is 59.4 Å². The summed E-state index contributed by atoms with van der Waals surface area (Å²) in [5.41, 5.74) is 11.1. The van der Waals surface area contributed by atoms with Gasteiger partial charge in [0.25, 0.3) is 22.2 Å². The monoisotopic (exact) mass is 2340 g/mol. The predicted molar refractivity (Wildman–Crippen MR) is 547 cm³/mol. The predicted octanol–water partition coefficient (Wildman–Crippen LogP) is 3.64. The van der Waals surface area contributed by atoms with E-state index in [9.17, 15) is 81.9 Å². The molecular formula is C76H112N19O38P7S7. The van der Waals surface area contributed by atoms with Crippen LogP contribution in [0.15, 0.2) is 97.8 Å². The maximum absolute atomic E-state index is 14.5. The molecule has 0 amide bonds. The maximum atomic E-state index is 14.5. The van der Waals surface area contributed by atoms with E-state index < -0.39 is 291 Å². The van der Waals surface area contributed by atoms with Crippen LogP contribution < -0.4 is 73.6 Å². The number of nitrogen functional groups attached to an aromatic ring is 3. The summed E-state index contributed by atoms with van der Waals surface area (Å²) in [6.07, 6.45) is -18.4. The van der Waals surface area contributed by atoms with Gasteiger partial charge in [-0.3, -0.25) is 80.1 Å². The molecule has 8 aromatic rings. The largest absolute Gasteiger partial charge is 0.386 e. The van der Waals surface area contributed by atoms with Gasteiger partial charge in [0.15, 0.2) is 11.5 Å². The number of aryl methyl sites for hydroxylation is 6. The van der Waals surface area contributed by atoms with Crippen molar-refractivity contribution < 1.29 is 130 Å². The van der Waals surface area contributed by atoms with Gasteiger partial charge in [-0.1, -0.05) is 47.4 Å². The molecule has 0 saturated carbocycles. The van der Waals surface area contributed by atoms with Crippen molar-refractivity contribution in [2.24, 2.45) is 0 Å². The van der Waals surface area contributed by atoms with E-state index in [2.05, 4.69) is 71.0 Å². The Labute approximate surface area is 869 Å². The summed E-state index contributed by atoms with van der Waals surface area (Å²) in [6, 6.07) is 0. The number of anilines is 3. The molecule has 71 heteroatoms. The van der Waals surface area contributed by atoms with Crippen LogP contribution in [0.1, 0.15) is 164 Å². The van der Waals surface area contributed by atoms with Crippen molar-refractivity contribution in [3.63, 3.8) is 0 Å². The van der Waals surface area contributed by atoms with Crippen molar-refractivity contribution in [2.45, 2.75) is 258 Å². The Morgan fingerprint density at radius 3 is 0.932 bits per heavy atom. The number of hydrogen-bond donors (Lipinski definition) is 14. The van der Waals surface area contributed by atoms with Crippen molar-refractivity contribution in [3.05, 3.63) is 188 Å². The van der Waals surface area contributed by atoms with Gasteiger partial charge in [0.05, 0.1) is 88.7 Å². The Balaban J connectivity index is 0.00000379. The summed E-state index contributed by atoms with van der Waals surface area (Å²) in [4.78, 5) is 230. The minimum absolute atomic E-state index is 0. The third-order valence-corrected chi connectivity index (χ3v) is 34.7. The highest BCUT2D eigenvalue weighted by Crippen LogP contribution is 2.60. The van der Waals surface area contributed by atoms with Gasteiger partial charge in [-0.2, -0.15) is 9.97 Å². The summed E-state index contributed by atoms with van der Waals surface area (Å²) in [5, 5.41) is 0. The number of rotatable bonds is 40. The number of hydrogen-bond acceptors (Lipinski definition) is 46. The van der Waals surface area contributed by atoms with Crippen LogP contribution in [0.5, 0.6) is 0 Å². The second kappa shape index (κ2) is 48.9. The van der Waals surface area contributed by atoms with Crippen LogP contribution in [0.3, 0.4) is 0 Å². The van der Waals surface area contributed by atoms with Crippen LogP contribution in [0.2, 0.25) is 0 Å². The molecule has 7 aliphatic rings. The second-order valence-corrected chi connectivity index (χ2v) is 53.9. The van der Waals surface area contributed by atoms with Crippen LogP contribution in [0.4, 0.5) is 17.5 Å². The van der Waals surface area contributed by atoms with E-state index in [1.165, 1.54) is 89.2 Å². The average Bonchev–Trinajstić information content (AvgIpc) is 1.62. The van der Waals surface area contributed by atoms with Crippen LogP contribution in [0.25, 0.3) is 11.2 Å². The van der Waals surface area contributed by atoms with Crippen molar-refractivity contribution in [1.82, 2.24) is 76.8 Å². The lowest BCUT2D eigenvalue weighted by molar-refractivity contribution is -0.0578. The standard InChI is InChI=1S/C71H96N19O38P7S7.C3H8.2CH4/c1-30-16-84(66(95)78-58(30)72)51-10-38(123-129(101,136)108-8)44(116-51)22-110-131(103,138)125-40-12-53(87-19-33(4)63(92)81-69(87)98)118-46(40)24-112-132(104,139)124-39-11-52(85-17-31(2)59(73)79-67(85)96)117-45(39)23-111-133(105,140)126-41-13-54(88-20-34(5)64(93)82-70(88)99)119-47(41)25-113-134(106,141)127-42-14-55(89-21-35(6)65(94)83-71(89)100)120-48(42)26-114-135(107,142)128-43-15-56(90-29-77-57-60(74)75-28-76-61(57)90)121-49(43)27-109-130(102,137)122-37-9-50(115-36(37)7)86-18-32(3)62(91)80-68(86)97;1-3-2;;/h16-21,28-29,36-56H,9-15,22-27H2,1-8H3,(H,101,136)(H,102,137)(H,103,138)(H,104,139)(H,105,140)(H,106,141)(H,107,142)(H2,72,78,95)(H2,73,79,96)(H2,74,75,76)(H,80,91,97)(H,81,92,98)(H,82,93,99)(H,83,94,100);3H2,1-2H3;2*1H4/t36-,37-,38-,39-,40-,41-,42-,43-,44-,45-,46-,47-,48-,49-,50-,51-,52-,53-,54-,55-,56-,129?,130?,131?,132?,133?,134?,135?;;;/m1.../s1. The molecule has 0 aromatic carbocycles. The van der Waals surface area contributed by atoms with E-state index in [1.807, 2.05) is 0 Å². The molecule has 57 nitrogen and oxygen atoms in total. The Morgan fingerprint density at radius 2 is 0.626 bits per heavy atom. The molecule has 7 fully saturated rings. The van der Waals surface area contributed by atoms with Gasteiger partial charge >= 0.3 is 81.2 Å². The van der Waals surface area contributed by atoms with Gasteiger partial charge in [0.2, 0.25) is 0 Å². The Morgan fingerprint density at radius 1 is 0.374 bits per heavy atom. The molecule has 0 aliphatic carbocycles. The molecule has 0 radical (unpaired) electrons. The molecule has 15 rings (SSSR count). The number of fused-ring (bicyclic) bond motifs is 1. The van der Waals surface area contributed by atoms with Gasteiger partial charge in [-0.05, 0) is 119 Å². The molecule has 15 heterocycles. The quantitative estimate of drug-likeness (QED) is 0.0192. The number of aromatic nitrogens is 16. The summed E-state index contributed by atoms with van der Waals surface area (Å²) < 4.78 is 149. The molecular weight excluding hydrogens is 2230 g/mol. The van der Waals surface area contributed by atoms with Crippen molar-refractivity contribution in [3.8, 4) is 0 Å². The van der Waals surface area contributed by atoms with Crippen LogP contribution in [-0.4, -0.2) is 238 Å². The Bertz CT molecular complexity index is 7180. The Hall–Kier alpha value is -6.17. The van der Waals surface area contributed by atoms with Crippen LogP contribution in [-0.2, 0) is 172 Å². The summed E-state index contributed by atoms with van der Waals surface area (Å²) in [5.74, 6) is -0.179. The van der Waals surface area contributed by atoms with Gasteiger partial charge in [-0.25, -0.2) is 48.3 Å². The van der Waals surface area contributed by atoms with Gasteiger partial charge in [0.1, 0.15) is 110 Å². The molecule has 7 unspecified atom stereocenters. The fourth-order valence-electron chi connectivity index (χ4n) is 16.2. The summed E-state index contributed by atoms with van der Waals surface area (Å²) >= 11 is 37.4. The molecule has 7 saturated heterocycles. The highest BCUT2D eigenvalue weighted by Gasteiger charge is 2.52. The average molecular weight is 2340 g/mol. The van der Waals surface area contributed by atoms with Crippen molar-refractivity contribution in [1.29, 1.82) is 0 Å². The Kier molecular flexibility index (Phi) is 39.7. The molecule has 0 spiro atoms. The number of ether oxygens (including phenoxy) is 7. The zero-order valence-corrected chi connectivity index (χ0v) is 90.1. The van der Waals surface area contributed by atoms with E-state index in [4.69, 9.17) is 185 Å². The normalized spacial score (nSPS) is 29.0. The number of H-pyrrole nitrogens is 4. The zero-order valence-electron chi connectivity index (χ0n) is 78.0. The lowest BCUT2D eigenvalue weighted by atomic mass is 10.2. The third kappa shape index (κ3) is 29.7. The smallest absolute Gasteiger partial charge is 0.383 e. The van der Waals surface area contributed by atoms with E-state index in [-0.39, 0.29) is 91.4 Å². The number of imidazole rings is 1. The lowest BCUT2D eigenvalue weighted by Gasteiger charge is -2.28.